The first kappa shape index (κ1) is 46.8. The molecule has 0 aliphatic carbocycles. The zero-order valence-electron chi connectivity index (χ0n) is 33.9. The van der Waals surface area contributed by atoms with Gasteiger partial charge in [0.1, 0.15) is 35.7 Å². The number of carbonyl (C=O) groups excluding carboxylic acids is 5. The number of sulfonamides is 1. The van der Waals surface area contributed by atoms with Crippen LogP contribution in [-0.2, 0) is 35.6 Å². The van der Waals surface area contributed by atoms with Crippen molar-refractivity contribution in [2.75, 3.05) is 13.6 Å². The van der Waals surface area contributed by atoms with Crippen molar-refractivity contribution in [3.8, 4) is 33.8 Å². The standard InChI is InChI=1S/C43H49ClN8O9S/c1-24-39(55)50-34(41(57)51-37(46)18-20-62(47,60)61)22-25-6-16-35(53)31(21-25)32-23-29(13-17-36(32)54)38(42(58)48-24)52(2)43(59)33(5-3-4-19-45)49-40(56)28-9-7-26(8-10-28)27-11-14-30(44)15-12-27/h6-18,20-21,23-24,33-34,37-38,53-54H,3-5,19,22,45-46H2,1-2H3,(H,48,58)(H,49,56)(H,50,55)(H,51,57)(H2,47,60,61)/b20-18+/t24-,33-,34-,37+,38-/m0/s1. The van der Waals surface area contributed by atoms with Crippen LogP contribution in [0, 0.1) is 0 Å². The number of phenols is 2. The van der Waals surface area contributed by atoms with E-state index in [9.17, 15) is 42.6 Å². The van der Waals surface area contributed by atoms with Crippen molar-refractivity contribution >= 4 is 51.2 Å². The molecule has 4 aromatic rings. The number of benzene rings is 4. The maximum atomic E-state index is 14.5. The van der Waals surface area contributed by atoms with Gasteiger partial charge in [-0.15, -0.1) is 0 Å². The molecule has 0 fully saturated rings. The van der Waals surface area contributed by atoms with Crippen molar-refractivity contribution in [2.45, 2.75) is 62.9 Å². The molecule has 12 N–H and O–H groups in total. The smallest absolute Gasteiger partial charge is 0.251 e. The molecule has 5 amide bonds. The molecule has 328 valence electrons. The number of halogens is 1. The van der Waals surface area contributed by atoms with Crippen LogP contribution in [0.15, 0.2) is 96.4 Å². The van der Waals surface area contributed by atoms with Crippen molar-refractivity contribution in [1.82, 2.24) is 26.2 Å². The number of hydrogen-bond donors (Lipinski definition) is 9. The molecule has 0 aromatic heterocycles. The summed E-state index contributed by atoms with van der Waals surface area (Å²) in [6, 6.07) is 17.1. The van der Waals surface area contributed by atoms with Gasteiger partial charge in [-0.25, -0.2) is 13.6 Å². The number of nitrogens with two attached hydrogens (primary N) is 3. The molecule has 5 atom stereocenters. The van der Waals surface area contributed by atoms with Gasteiger partial charge in [0.05, 0.1) is 6.17 Å². The summed E-state index contributed by atoms with van der Waals surface area (Å²) in [6.07, 6.45) is 0.566. The maximum Gasteiger partial charge on any atom is 0.251 e. The molecular formula is C43H49ClN8O9S. The van der Waals surface area contributed by atoms with E-state index in [1.54, 1.807) is 36.4 Å². The molecule has 4 bridgehead atoms. The van der Waals surface area contributed by atoms with Crippen LogP contribution in [0.4, 0.5) is 0 Å². The fourth-order valence-corrected chi connectivity index (χ4v) is 7.36. The van der Waals surface area contributed by atoms with Gasteiger partial charge < -0.3 is 47.8 Å². The Bertz CT molecular complexity index is 2450. The summed E-state index contributed by atoms with van der Waals surface area (Å²) >= 11 is 6.03. The van der Waals surface area contributed by atoms with E-state index in [-0.39, 0.29) is 46.6 Å². The predicted octanol–water partition coefficient (Wildman–Crippen LogP) is 2.26. The number of nitrogens with one attached hydrogen (secondary N) is 4. The Kier molecular flexibility index (Phi) is 15.5. The number of likely N-dealkylation sites (N-methyl/N-ethyl adjacent to an activating group) is 1. The molecule has 0 radical (unpaired) electrons. The van der Waals surface area contributed by atoms with Crippen molar-refractivity contribution < 1.29 is 42.6 Å². The number of unbranched alkanes of at least 4 members (excludes halogenated alkanes) is 1. The Hall–Kier alpha value is -6.31. The normalized spacial score (nSPS) is 17.8. The van der Waals surface area contributed by atoms with Crippen LogP contribution < -0.4 is 37.9 Å². The first-order chi connectivity index (χ1) is 29.3. The first-order valence-corrected chi connectivity index (χ1v) is 21.5. The second kappa shape index (κ2) is 20.5. The number of nitrogens with zero attached hydrogens (tertiary/aromatic N) is 1. The van der Waals surface area contributed by atoms with Crippen LogP contribution >= 0.6 is 11.6 Å². The van der Waals surface area contributed by atoms with Crippen molar-refractivity contribution in [1.29, 1.82) is 0 Å². The summed E-state index contributed by atoms with van der Waals surface area (Å²) in [4.78, 5) is 70.8. The fraction of sp³-hybridized carbons (Fsp3) is 0.279. The Morgan fingerprint density at radius 2 is 1.50 bits per heavy atom. The lowest BCUT2D eigenvalue weighted by molar-refractivity contribution is -0.141. The van der Waals surface area contributed by atoms with E-state index in [1.165, 1.54) is 50.4 Å². The number of amides is 5. The quantitative estimate of drug-likeness (QED) is 0.0693. The monoisotopic (exact) mass is 888 g/mol. The van der Waals surface area contributed by atoms with Crippen LogP contribution in [0.25, 0.3) is 22.3 Å². The molecule has 0 saturated heterocycles. The lowest BCUT2D eigenvalue weighted by Crippen LogP contribution is -2.57. The van der Waals surface area contributed by atoms with Crippen LogP contribution in [0.5, 0.6) is 11.5 Å². The van der Waals surface area contributed by atoms with Gasteiger partial charge in [-0.05, 0) is 110 Å². The van der Waals surface area contributed by atoms with Crippen molar-refractivity contribution in [3.63, 3.8) is 0 Å². The molecule has 19 heteroatoms. The summed E-state index contributed by atoms with van der Waals surface area (Å²) in [7, 11) is -2.71. The molecule has 0 saturated carbocycles. The largest absolute Gasteiger partial charge is 0.507 e. The molecule has 1 aliphatic heterocycles. The molecule has 17 nitrogen and oxygen atoms in total. The average molecular weight is 889 g/mol. The van der Waals surface area contributed by atoms with E-state index in [0.717, 1.165) is 22.1 Å². The van der Waals surface area contributed by atoms with E-state index >= 15 is 0 Å². The van der Waals surface area contributed by atoms with Crippen LogP contribution in [0.2, 0.25) is 5.02 Å². The number of hydrogen-bond acceptors (Lipinski definition) is 11. The number of fused-ring (bicyclic) bond motifs is 5. The van der Waals surface area contributed by atoms with E-state index in [4.69, 9.17) is 28.2 Å². The third-order valence-corrected chi connectivity index (χ3v) is 10.9. The third kappa shape index (κ3) is 12.2. The second-order valence-corrected chi connectivity index (χ2v) is 16.7. The Morgan fingerprint density at radius 1 is 0.887 bits per heavy atom. The highest BCUT2D eigenvalue weighted by Gasteiger charge is 2.36. The summed E-state index contributed by atoms with van der Waals surface area (Å²) < 4.78 is 22.8. The predicted molar refractivity (Wildman–Crippen MR) is 233 cm³/mol. The summed E-state index contributed by atoms with van der Waals surface area (Å²) in [5.41, 5.74) is 14.4. The van der Waals surface area contributed by atoms with Crippen LogP contribution in [0.1, 0.15) is 53.7 Å². The molecule has 62 heavy (non-hydrogen) atoms. The minimum atomic E-state index is -4.07. The molecule has 4 aromatic carbocycles. The van der Waals surface area contributed by atoms with E-state index in [0.29, 0.717) is 35.4 Å². The van der Waals surface area contributed by atoms with Gasteiger partial charge in [0.25, 0.3) is 5.91 Å². The zero-order chi connectivity index (χ0) is 45.3. The summed E-state index contributed by atoms with van der Waals surface area (Å²) in [6.45, 7) is 1.69. The Labute approximate surface area is 363 Å². The van der Waals surface area contributed by atoms with Gasteiger partial charge in [0, 0.05) is 40.6 Å². The highest BCUT2D eigenvalue weighted by Crippen LogP contribution is 2.39. The molecule has 0 spiro atoms. The Morgan fingerprint density at radius 3 is 2.13 bits per heavy atom. The lowest BCUT2D eigenvalue weighted by Gasteiger charge is -2.32. The van der Waals surface area contributed by atoms with E-state index < -0.39 is 69.9 Å². The number of aromatic hydroxyl groups is 2. The van der Waals surface area contributed by atoms with Gasteiger partial charge in [-0.2, -0.15) is 0 Å². The second-order valence-electron chi connectivity index (χ2n) is 14.8. The SMILES string of the molecule is C[C@@H]1NC(=O)[C@@H](N(C)C(=O)[C@H](CCCCN)NC(=O)c2ccc(-c3ccc(Cl)cc3)cc2)c2ccc(O)c(c2)-c2cc(ccc2O)C[C@@H](C(=O)N[C@@H](N)/C=C/S(N)(=O)=O)NC1=O. The van der Waals surface area contributed by atoms with Crippen LogP contribution in [-0.4, -0.2) is 91.0 Å². The molecule has 5 rings (SSSR count). The lowest BCUT2D eigenvalue weighted by atomic mass is 9.93. The first-order valence-electron chi connectivity index (χ1n) is 19.5. The van der Waals surface area contributed by atoms with Crippen molar-refractivity contribution in [2.24, 2.45) is 16.6 Å². The van der Waals surface area contributed by atoms with Crippen molar-refractivity contribution in [3.05, 3.63) is 118 Å². The topological polar surface area (TPSA) is 289 Å². The van der Waals surface area contributed by atoms with Gasteiger partial charge >= 0.3 is 0 Å². The summed E-state index contributed by atoms with van der Waals surface area (Å²) in [5.74, 6) is -4.26. The Balaban J connectivity index is 1.49. The third-order valence-electron chi connectivity index (χ3n) is 10.2. The minimum Gasteiger partial charge on any atom is -0.507 e. The summed E-state index contributed by atoms with van der Waals surface area (Å²) in [5, 5.41) is 38.7. The van der Waals surface area contributed by atoms with E-state index in [1.807, 2.05) is 12.1 Å². The average Bonchev–Trinajstić information content (AvgIpc) is 3.23. The van der Waals surface area contributed by atoms with Gasteiger partial charge in [-0.1, -0.05) is 48.0 Å². The number of primary sulfonamides is 1. The number of carbonyl (C=O) groups is 5. The minimum absolute atomic E-state index is 0.0700. The number of phenolic OH excluding ortho intramolecular Hbond substituents is 2. The molecule has 1 heterocycles. The fourth-order valence-electron chi connectivity index (χ4n) is 6.84. The highest BCUT2D eigenvalue weighted by molar-refractivity contribution is 7.92. The number of rotatable bonds is 13. The molecule has 1 aliphatic rings. The van der Waals surface area contributed by atoms with Gasteiger partial charge in [-0.3, -0.25) is 24.0 Å². The molecular weight excluding hydrogens is 840 g/mol. The maximum absolute atomic E-state index is 14.5. The van der Waals surface area contributed by atoms with Crippen LogP contribution in [0.3, 0.4) is 0 Å². The zero-order valence-corrected chi connectivity index (χ0v) is 35.4. The van der Waals surface area contributed by atoms with Gasteiger partial charge in [0.15, 0.2) is 0 Å². The molecule has 0 unspecified atom stereocenters. The highest BCUT2D eigenvalue weighted by atomic mass is 35.5. The van der Waals surface area contributed by atoms with Gasteiger partial charge in [0.2, 0.25) is 33.7 Å². The van der Waals surface area contributed by atoms with E-state index in [2.05, 4.69) is 21.3 Å².